The van der Waals surface area contributed by atoms with Crippen molar-refractivity contribution in [3.05, 3.63) is 23.8 Å². The minimum absolute atomic E-state index is 0.00135. The van der Waals surface area contributed by atoms with Gasteiger partial charge in [-0.3, -0.25) is 9.69 Å². The first-order valence-electron chi connectivity index (χ1n) is 5.99. The molecule has 1 atom stereocenters. The second-order valence-corrected chi connectivity index (χ2v) is 4.68. The monoisotopic (exact) mass is 251 g/mol. The molecule has 0 saturated heterocycles. The zero-order chi connectivity index (χ0) is 13.3. The van der Waals surface area contributed by atoms with Gasteiger partial charge in [0.15, 0.2) is 0 Å². The van der Waals surface area contributed by atoms with Gasteiger partial charge in [0.05, 0.1) is 12.1 Å². The normalized spacial score (nSPS) is 16.8. The zero-order valence-corrected chi connectivity index (χ0v) is 10.2. The standard InChI is InChI=1S/C13H17NO4/c1-8(13-10(15)3-2-4-11(13)16)14(7-12(17)18)9-5-6-9/h2-4,8-9,15-16H,5-7H2,1H3,(H,17,18). The first-order chi connectivity index (χ1) is 8.50. The number of phenolic OH excluding ortho intramolecular Hbond substituents is 2. The fraction of sp³-hybridized carbons (Fsp3) is 0.462. The maximum absolute atomic E-state index is 10.9. The van der Waals surface area contributed by atoms with Crippen molar-refractivity contribution >= 4 is 5.97 Å². The smallest absolute Gasteiger partial charge is 0.317 e. The molecule has 3 N–H and O–H groups in total. The van der Waals surface area contributed by atoms with Gasteiger partial charge in [0.1, 0.15) is 11.5 Å². The Labute approximate surface area is 105 Å². The molecule has 5 heteroatoms. The molecule has 0 bridgehead atoms. The summed E-state index contributed by atoms with van der Waals surface area (Å²) in [5.74, 6) is -0.902. The largest absolute Gasteiger partial charge is 0.507 e. The Morgan fingerprint density at radius 2 is 1.94 bits per heavy atom. The van der Waals surface area contributed by atoms with Crippen molar-refractivity contribution in [2.24, 2.45) is 0 Å². The number of carboxylic acid groups (broad SMARTS) is 1. The molecule has 1 aromatic rings. The molecule has 1 aliphatic carbocycles. The van der Waals surface area contributed by atoms with Crippen LogP contribution < -0.4 is 0 Å². The second-order valence-electron chi connectivity index (χ2n) is 4.68. The molecule has 0 amide bonds. The number of nitrogens with zero attached hydrogens (tertiary/aromatic N) is 1. The molecule has 98 valence electrons. The summed E-state index contributed by atoms with van der Waals surface area (Å²) in [7, 11) is 0. The summed E-state index contributed by atoms with van der Waals surface area (Å²) in [5.41, 5.74) is 0.394. The summed E-state index contributed by atoms with van der Waals surface area (Å²) in [5, 5.41) is 28.6. The molecule has 0 spiro atoms. The second kappa shape index (κ2) is 4.86. The van der Waals surface area contributed by atoms with Crippen molar-refractivity contribution in [1.29, 1.82) is 0 Å². The number of hydrogen-bond acceptors (Lipinski definition) is 4. The molecule has 1 aromatic carbocycles. The maximum Gasteiger partial charge on any atom is 0.317 e. The highest BCUT2D eigenvalue weighted by molar-refractivity contribution is 5.69. The first-order valence-corrected chi connectivity index (χ1v) is 5.99. The number of carboxylic acids is 1. The Bertz CT molecular complexity index is 436. The van der Waals surface area contributed by atoms with Crippen molar-refractivity contribution in [3.63, 3.8) is 0 Å². The number of rotatable bonds is 5. The maximum atomic E-state index is 10.9. The average Bonchev–Trinajstić information content (AvgIpc) is 3.09. The summed E-state index contributed by atoms with van der Waals surface area (Å²) < 4.78 is 0. The van der Waals surface area contributed by atoms with Crippen LogP contribution in [0.5, 0.6) is 11.5 Å². The summed E-state index contributed by atoms with van der Waals surface area (Å²) in [4.78, 5) is 12.7. The topological polar surface area (TPSA) is 81.0 Å². The minimum atomic E-state index is -0.899. The molecule has 0 aromatic heterocycles. The van der Waals surface area contributed by atoms with E-state index in [1.807, 2.05) is 0 Å². The average molecular weight is 251 g/mol. The highest BCUT2D eigenvalue weighted by Crippen LogP contribution is 2.40. The van der Waals surface area contributed by atoms with Crippen molar-refractivity contribution in [1.82, 2.24) is 4.90 Å². The molecule has 1 fully saturated rings. The van der Waals surface area contributed by atoms with Gasteiger partial charge in [-0.1, -0.05) is 6.07 Å². The van der Waals surface area contributed by atoms with Gasteiger partial charge < -0.3 is 15.3 Å². The van der Waals surface area contributed by atoms with Crippen LogP contribution in [0.1, 0.15) is 31.4 Å². The van der Waals surface area contributed by atoms with E-state index in [-0.39, 0.29) is 30.1 Å². The van der Waals surface area contributed by atoms with Crippen LogP contribution in [0.3, 0.4) is 0 Å². The Balaban J connectivity index is 2.27. The number of benzene rings is 1. The van der Waals surface area contributed by atoms with Crippen LogP contribution in [0.25, 0.3) is 0 Å². The van der Waals surface area contributed by atoms with Gasteiger partial charge in [0.25, 0.3) is 0 Å². The number of carbonyl (C=O) groups is 1. The summed E-state index contributed by atoms with van der Waals surface area (Å²) in [6.45, 7) is 1.72. The number of aromatic hydroxyl groups is 2. The minimum Gasteiger partial charge on any atom is -0.507 e. The lowest BCUT2D eigenvalue weighted by Crippen LogP contribution is -2.34. The van der Waals surface area contributed by atoms with Crippen LogP contribution in [-0.2, 0) is 4.79 Å². The van der Waals surface area contributed by atoms with E-state index in [0.29, 0.717) is 5.56 Å². The predicted molar refractivity (Wildman–Crippen MR) is 65.6 cm³/mol. The predicted octanol–water partition coefficient (Wildman–Crippen LogP) is 1.71. The van der Waals surface area contributed by atoms with Crippen molar-refractivity contribution < 1.29 is 20.1 Å². The lowest BCUT2D eigenvalue weighted by molar-refractivity contribution is -0.139. The van der Waals surface area contributed by atoms with Crippen LogP contribution in [0.4, 0.5) is 0 Å². The van der Waals surface area contributed by atoms with E-state index < -0.39 is 5.97 Å². The molecule has 1 saturated carbocycles. The van der Waals surface area contributed by atoms with Gasteiger partial charge in [-0.05, 0) is 31.9 Å². The van der Waals surface area contributed by atoms with Gasteiger partial charge in [-0.15, -0.1) is 0 Å². The van der Waals surface area contributed by atoms with E-state index in [2.05, 4.69) is 0 Å². The van der Waals surface area contributed by atoms with Crippen LogP contribution in [0, 0.1) is 0 Å². The SMILES string of the molecule is CC(c1c(O)cccc1O)N(CC(=O)O)C1CC1. The van der Waals surface area contributed by atoms with Gasteiger partial charge in [-0.2, -0.15) is 0 Å². The van der Waals surface area contributed by atoms with Crippen LogP contribution in [-0.4, -0.2) is 38.8 Å². The van der Waals surface area contributed by atoms with E-state index in [9.17, 15) is 15.0 Å². The van der Waals surface area contributed by atoms with E-state index in [1.54, 1.807) is 17.9 Å². The molecule has 0 aliphatic heterocycles. The van der Waals surface area contributed by atoms with E-state index in [1.165, 1.54) is 12.1 Å². The fourth-order valence-corrected chi connectivity index (χ4v) is 2.28. The summed E-state index contributed by atoms with van der Waals surface area (Å²) in [6, 6.07) is 4.46. The number of hydrogen-bond donors (Lipinski definition) is 3. The Morgan fingerprint density at radius 3 is 2.39 bits per heavy atom. The van der Waals surface area contributed by atoms with Gasteiger partial charge in [0.2, 0.25) is 0 Å². The van der Waals surface area contributed by atoms with Crippen molar-refractivity contribution in [2.45, 2.75) is 31.8 Å². The first kappa shape index (κ1) is 12.7. The van der Waals surface area contributed by atoms with Crippen molar-refractivity contribution in [3.8, 4) is 11.5 Å². The molecule has 1 unspecified atom stereocenters. The van der Waals surface area contributed by atoms with Crippen molar-refractivity contribution in [2.75, 3.05) is 6.54 Å². The zero-order valence-electron chi connectivity index (χ0n) is 10.2. The molecule has 5 nitrogen and oxygen atoms in total. The Kier molecular flexibility index (Phi) is 3.43. The fourth-order valence-electron chi connectivity index (χ4n) is 2.28. The quantitative estimate of drug-likeness (QED) is 0.742. The van der Waals surface area contributed by atoms with Crippen LogP contribution in [0.2, 0.25) is 0 Å². The van der Waals surface area contributed by atoms with E-state index in [0.717, 1.165) is 12.8 Å². The molecule has 2 rings (SSSR count). The molecule has 0 heterocycles. The molecular weight excluding hydrogens is 234 g/mol. The third-order valence-corrected chi connectivity index (χ3v) is 3.31. The van der Waals surface area contributed by atoms with E-state index >= 15 is 0 Å². The van der Waals surface area contributed by atoms with E-state index in [4.69, 9.17) is 5.11 Å². The molecule has 1 aliphatic rings. The summed E-state index contributed by atoms with van der Waals surface area (Å²) in [6.07, 6.45) is 1.93. The molecule has 18 heavy (non-hydrogen) atoms. The van der Waals surface area contributed by atoms with Crippen LogP contribution >= 0.6 is 0 Å². The Hall–Kier alpha value is -1.75. The lowest BCUT2D eigenvalue weighted by atomic mass is 10.0. The number of phenols is 2. The lowest BCUT2D eigenvalue weighted by Gasteiger charge is -2.28. The third-order valence-electron chi connectivity index (χ3n) is 3.31. The third kappa shape index (κ3) is 2.56. The highest BCUT2D eigenvalue weighted by atomic mass is 16.4. The van der Waals surface area contributed by atoms with Crippen LogP contribution in [0.15, 0.2) is 18.2 Å². The van der Waals surface area contributed by atoms with Gasteiger partial charge in [0, 0.05) is 12.1 Å². The van der Waals surface area contributed by atoms with Gasteiger partial charge in [-0.25, -0.2) is 0 Å². The molecule has 0 radical (unpaired) electrons. The Morgan fingerprint density at radius 1 is 1.39 bits per heavy atom. The van der Waals surface area contributed by atoms with Gasteiger partial charge >= 0.3 is 5.97 Å². The molecular formula is C13H17NO4. The number of aliphatic carboxylic acids is 1. The summed E-state index contributed by atoms with van der Waals surface area (Å²) >= 11 is 0. The highest BCUT2D eigenvalue weighted by Gasteiger charge is 2.35.